The summed E-state index contributed by atoms with van der Waals surface area (Å²) in [4.78, 5) is 20.9. The topological polar surface area (TPSA) is 132 Å². The molecule has 0 unspecified atom stereocenters. The molecular formula is C22H21FN6O+2. The van der Waals surface area contributed by atoms with Gasteiger partial charge in [0, 0.05) is 18.2 Å². The summed E-state index contributed by atoms with van der Waals surface area (Å²) in [5.41, 5.74) is 8.37. The molecule has 0 aliphatic rings. The average molecular weight is 404 g/mol. The van der Waals surface area contributed by atoms with E-state index in [1.165, 1.54) is 30.8 Å². The number of halogens is 1. The van der Waals surface area contributed by atoms with E-state index in [1.54, 1.807) is 12.1 Å². The molecule has 2 aromatic carbocycles. The number of hydrogen-bond acceptors (Lipinski definition) is 4. The lowest BCUT2D eigenvalue weighted by atomic mass is 10.1. The molecule has 0 aliphatic heterocycles. The molecule has 1 amide bonds. The minimum Gasteiger partial charge on any atom is -0.382 e. The zero-order chi connectivity index (χ0) is 21.5. The highest BCUT2D eigenvalue weighted by atomic mass is 19.1. The third-order valence-corrected chi connectivity index (χ3v) is 4.33. The zero-order valence-electron chi connectivity index (χ0n) is 16.0. The molecule has 150 valence electrons. The molecule has 0 saturated carbocycles. The highest BCUT2D eigenvalue weighted by molar-refractivity contribution is 6.10. The second kappa shape index (κ2) is 9.33. The predicted octanol–water partition coefficient (Wildman–Crippen LogP) is -0.162. The van der Waals surface area contributed by atoms with Crippen LogP contribution in [0.1, 0.15) is 21.6 Å². The first-order chi connectivity index (χ1) is 14.5. The Labute approximate surface area is 172 Å². The van der Waals surface area contributed by atoms with Gasteiger partial charge in [-0.2, -0.15) is 0 Å². The number of nitrogens with zero attached hydrogens (tertiary/aromatic N) is 2. The van der Waals surface area contributed by atoms with Crippen molar-refractivity contribution < 1.29 is 20.0 Å². The van der Waals surface area contributed by atoms with Gasteiger partial charge in [0.15, 0.2) is 12.4 Å². The SMILES string of the molecule is Nc1ncc(C(C=[NH2+])=CC=[NH2+])nc1-c1ccc(C(=O)NCc2ccccc2)c(F)c1. The number of anilines is 1. The molecular weight excluding hydrogens is 383 g/mol. The van der Waals surface area contributed by atoms with Crippen molar-refractivity contribution in [3.05, 3.63) is 83.4 Å². The second-order valence-corrected chi connectivity index (χ2v) is 6.33. The summed E-state index contributed by atoms with van der Waals surface area (Å²) >= 11 is 0. The average Bonchev–Trinajstić information content (AvgIpc) is 2.77. The number of nitrogen functional groups attached to an aromatic ring is 1. The lowest BCUT2D eigenvalue weighted by molar-refractivity contribution is -0.105. The maximum atomic E-state index is 14.7. The summed E-state index contributed by atoms with van der Waals surface area (Å²) in [6.07, 6.45) is 5.65. The zero-order valence-corrected chi connectivity index (χ0v) is 16.0. The number of benzene rings is 2. The Kier molecular flexibility index (Phi) is 6.39. The van der Waals surface area contributed by atoms with Gasteiger partial charge in [-0.1, -0.05) is 36.4 Å². The number of amides is 1. The predicted molar refractivity (Wildman–Crippen MR) is 113 cm³/mol. The maximum absolute atomic E-state index is 14.7. The molecule has 0 spiro atoms. The van der Waals surface area contributed by atoms with Gasteiger partial charge in [0.1, 0.15) is 17.3 Å². The lowest BCUT2D eigenvalue weighted by Gasteiger charge is -2.10. The molecule has 7 N–H and O–H groups in total. The third kappa shape index (κ3) is 4.61. The van der Waals surface area contributed by atoms with E-state index in [1.807, 2.05) is 30.3 Å². The highest BCUT2D eigenvalue weighted by Crippen LogP contribution is 2.25. The van der Waals surface area contributed by atoms with Crippen LogP contribution in [0.25, 0.3) is 16.8 Å². The van der Waals surface area contributed by atoms with Crippen LogP contribution >= 0.6 is 0 Å². The number of nitrogens with two attached hydrogens (primary N) is 3. The van der Waals surface area contributed by atoms with Gasteiger partial charge in [0.2, 0.25) is 0 Å². The Morgan fingerprint density at radius 1 is 1.17 bits per heavy atom. The van der Waals surface area contributed by atoms with Gasteiger partial charge in [0.05, 0.1) is 23.0 Å². The van der Waals surface area contributed by atoms with Crippen molar-refractivity contribution >= 4 is 29.7 Å². The molecule has 0 radical (unpaired) electrons. The molecule has 8 heteroatoms. The van der Waals surface area contributed by atoms with Crippen LogP contribution in [0.5, 0.6) is 0 Å². The van der Waals surface area contributed by atoms with E-state index in [0.717, 1.165) is 5.56 Å². The number of allylic oxidation sites excluding steroid dienone is 2. The van der Waals surface area contributed by atoms with Crippen LogP contribution in [-0.2, 0) is 6.54 Å². The fourth-order valence-electron chi connectivity index (χ4n) is 2.80. The molecule has 1 heterocycles. The number of aromatic nitrogens is 2. The van der Waals surface area contributed by atoms with Crippen LogP contribution in [0.3, 0.4) is 0 Å². The minimum absolute atomic E-state index is 0.0778. The monoisotopic (exact) mass is 404 g/mol. The van der Waals surface area contributed by atoms with E-state index in [-0.39, 0.29) is 17.1 Å². The summed E-state index contributed by atoms with van der Waals surface area (Å²) in [6.45, 7) is 0.296. The largest absolute Gasteiger partial charge is 0.382 e. The summed E-state index contributed by atoms with van der Waals surface area (Å²) in [5.74, 6) is -1.09. The molecule has 0 fully saturated rings. The third-order valence-electron chi connectivity index (χ3n) is 4.33. The maximum Gasteiger partial charge on any atom is 0.254 e. The summed E-state index contributed by atoms with van der Waals surface area (Å²) in [7, 11) is 0. The van der Waals surface area contributed by atoms with E-state index in [9.17, 15) is 9.18 Å². The lowest BCUT2D eigenvalue weighted by Crippen LogP contribution is -2.32. The fraction of sp³-hybridized carbons (Fsp3) is 0.0455. The van der Waals surface area contributed by atoms with Gasteiger partial charge in [-0.25, -0.2) is 14.4 Å². The Morgan fingerprint density at radius 2 is 1.93 bits per heavy atom. The van der Waals surface area contributed by atoms with Crippen molar-refractivity contribution in [2.45, 2.75) is 6.54 Å². The van der Waals surface area contributed by atoms with Crippen LogP contribution in [0.4, 0.5) is 10.2 Å². The molecule has 3 aromatic rings. The van der Waals surface area contributed by atoms with Crippen LogP contribution in [0.2, 0.25) is 0 Å². The van der Waals surface area contributed by atoms with Crippen LogP contribution in [0.15, 0.2) is 60.8 Å². The van der Waals surface area contributed by atoms with Crippen molar-refractivity contribution in [1.82, 2.24) is 15.3 Å². The number of nitrogens with one attached hydrogen (secondary N) is 1. The smallest absolute Gasteiger partial charge is 0.254 e. The van der Waals surface area contributed by atoms with Crippen molar-refractivity contribution in [3.8, 4) is 11.3 Å². The first-order valence-electron chi connectivity index (χ1n) is 9.08. The molecule has 7 nitrogen and oxygen atoms in total. The van der Waals surface area contributed by atoms with Crippen LogP contribution in [0, 0.1) is 5.82 Å². The van der Waals surface area contributed by atoms with E-state index in [0.29, 0.717) is 23.4 Å². The van der Waals surface area contributed by atoms with Gasteiger partial charge >= 0.3 is 0 Å². The van der Waals surface area contributed by atoms with Gasteiger partial charge in [0.25, 0.3) is 5.91 Å². The van der Waals surface area contributed by atoms with E-state index in [2.05, 4.69) is 15.3 Å². The molecule has 0 bridgehead atoms. The van der Waals surface area contributed by atoms with E-state index < -0.39 is 11.7 Å². The first kappa shape index (κ1) is 20.5. The normalized spacial score (nSPS) is 11.0. The Balaban J connectivity index is 1.86. The molecule has 1 aromatic heterocycles. The minimum atomic E-state index is -0.693. The molecule has 0 saturated heterocycles. The molecule has 30 heavy (non-hydrogen) atoms. The highest BCUT2D eigenvalue weighted by Gasteiger charge is 2.16. The van der Waals surface area contributed by atoms with Crippen LogP contribution < -0.4 is 21.9 Å². The van der Waals surface area contributed by atoms with Crippen molar-refractivity contribution in [3.63, 3.8) is 0 Å². The van der Waals surface area contributed by atoms with E-state index in [4.69, 9.17) is 16.6 Å². The molecule has 0 atom stereocenters. The molecule has 3 rings (SSSR count). The first-order valence-corrected chi connectivity index (χ1v) is 9.08. The van der Waals surface area contributed by atoms with Crippen molar-refractivity contribution in [2.24, 2.45) is 0 Å². The van der Waals surface area contributed by atoms with Gasteiger partial charge < -0.3 is 11.1 Å². The van der Waals surface area contributed by atoms with Gasteiger partial charge in [-0.05, 0) is 17.7 Å². The fourth-order valence-corrected chi connectivity index (χ4v) is 2.80. The Hall–Kier alpha value is -4.20. The molecule has 0 aliphatic carbocycles. The Bertz CT molecular complexity index is 1130. The van der Waals surface area contributed by atoms with Crippen LogP contribution in [-0.4, -0.2) is 28.3 Å². The number of carbonyl (C=O) groups excluding carboxylic acids is 1. The summed E-state index contributed by atoms with van der Waals surface area (Å²) in [6, 6.07) is 13.5. The number of hydrogen-bond donors (Lipinski definition) is 4. The standard InChI is InChI=1S/C22H19FN6O/c23-18-10-15(20-21(26)27-13-19(29-20)16(11-25)8-9-24)6-7-17(18)22(30)28-12-14-4-2-1-3-5-14/h1-11,13,24-25H,12H2,(H2,26,27)(H,28,30)/p+2. The van der Waals surface area contributed by atoms with Crippen molar-refractivity contribution in [2.75, 3.05) is 5.73 Å². The number of carbonyl (C=O) groups is 1. The summed E-state index contributed by atoms with van der Waals surface area (Å²) < 4.78 is 14.7. The summed E-state index contributed by atoms with van der Waals surface area (Å²) in [5, 5.41) is 13.7. The number of rotatable bonds is 7. The Morgan fingerprint density at radius 3 is 2.60 bits per heavy atom. The van der Waals surface area contributed by atoms with Gasteiger partial charge in [-0.15, -0.1) is 0 Å². The second-order valence-electron chi connectivity index (χ2n) is 6.33. The quantitative estimate of drug-likeness (QED) is 0.407. The van der Waals surface area contributed by atoms with E-state index >= 15 is 0 Å². The van der Waals surface area contributed by atoms with Gasteiger partial charge in [-0.3, -0.25) is 15.6 Å². The van der Waals surface area contributed by atoms with Crippen molar-refractivity contribution in [1.29, 1.82) is 0 Å².